The predicted molar refractivity (Wildman–Crippen MR) is 67.1 cm³/mol. The molecule has 0 unspecified atom stereocenters. The summed E-state index contributed by atoms with van der Waals surface area (Å²) in [5.74, 6) is -0.807. The summed E-state index contributed by atoms with van der Waals surface area (Å²) in [6.45, 7) is 1.84. The molecule has 0 aliphatic heterocycles. The molecule has 1 aromatic heterocycles. The molecule has 1 N–H and O–H groups in total. The molecule has 0 atom stereocenters. The molecule has 5 heteroatoms. The molecule has 92 valence electrons. The number of hydrogen-bond acceptors (Lipinski definition) is 3. The molecule has 1 aromatic carbocycles. The van der Waals surface area contributed by atoms with Crippen LogP contribution in [0, 0.1) is 0 Å². The number of anilines is 1. The summed E-state index contributed by atoms with van der Waals surface area (Å²) in [5.41, 5.74) is 1.12. The highest BCUT2D eigenvalue weighted by Gasteiger charge is 2.09. The zero-order chi connectivity index (χ0) is 13.0. The maximum atomic E-state index is 11.2. The lowest BCUT2D eigenvalue weighted by molar-refractivity contribution is -0.133. The van der Waals surface area contributed by atoms with E-state index < -0.39 is 11.7 Å². The molecule has 5 nitrogen and oxygen atoms in total. The molecule has 0 saturated heterocycles. The molecule has 0 radical (unpaired) electrons. The fourth-order valence-corrected chi connectivity index (χ4v) is 1.49. The number of ketones is 1. The van der Waals surface area contributed by atoms with Gasteiger partial charge in [-0.1, -0.05) is 30.3 Å². The lowest BCUT2D eigenvalue weighted by atomic mass is 10.2. The standard InChI is InChI=1S/C13H13N3O2/c1-10(17)13(18)14-12-7-8-16(15-12)9-11-5-3-2-4-6-11/h2-8H,9H2,1H3,(H,14,15,18). The molecule has 2 aromatic rings. The van der Waals surface area contributed by atoms with Gasteiger partial charge in [0, 0.05) is 19.2 Å². The van der Waals surface area contributed by atoms with Crippen molar-refractivity contribution < 1.29 is 9.59 Å². The van der Waals surface area contributed by atoms with Crippen molar-refractivity contribution in [1.29, 1.82) is 0 Å². The first-order valence-electron chi connectivity index (χ1n) is 5.54. The van der Waals surface area contributed by atoms with Crippen LogP contribution in [0.15, 0.2) is 42.6 Å². The van der Waals surface area contributed by atoms with Crippen LogP contribution in [-0.4, -0.2) is 21.5 Å². The van der Waals surface area contributed by atoms with Gasteiger partial charge < -0.3 is 5.32 Å². The minimum atomic E-state index is -0.653. The Balaban J connectivity index is 2.02. The first kappa shape index (κ1) is 12.0. The van der Waals surface area contributed by atoms with Crippen LogP contribution in [0.25, 0.3) is 0 Å². The average molecular weight is 243 g/mol. The highest BCUT2D eigenvalue weighted by molar-refractivity contribution is 6.39. The Kier molecular flexibility index (Phi) is 3.52. The van der Waals surface area contributed by atoms with Crippen LogP contribution in [0.2, 0.25) is 0 Å². The maximum Gasteiger partial charge on any atom is 0.292 e. The fraction of sp³-hybridized carbons (Fsp3) is 0.154. The van der Waals surface area contributed by atoms with E-state index in [0.29, 0.717) is 12.4 Å². The van der Waals surface area contributed by atoms with Crippen molar-refractivity contribution in [2.45, 2.75) is 13.5 Å². The molecule has 1 amide bonds. The van der Waals surface area contributed by atoms with Crippen molar-refractivity contribution >= 4 is 17.5 Å². The van der Waals surface area contributed by atoms with E-state index in [1.54, 1.807) is 16.9 Å². The first-order valence-corrected chi connectivity index (χ1v) is 5.54. The van der Waals surface area contributed by atoms with Crippen LogP contribution in [0.1, 0.15) is 12.5 Å². The van der Waals surface area contributed by atoms with Crippen LogP contribution >= 0.6 is 0 Å². The van der Waals surface area contributed by atoms with Gasteiger partial charge in [0.25, 0.3) is 5.91 Å². The van der Waals surface area contributed by atoms with E-state index >= 15 is 0 Å². The number of hydrogen-bond donors (Lipinski definition) is 1. The van der Waals surface area contributed by atoms with E-state index in [-0.39, 0.29) is 0 Å². The highest BCUT2D eigenvalue weighted by atomic mass is 16.2. The third-order valence-corrected chi connectivity index (χ3v) is 2.39. The second-order valence-corrected chi connectivity index (χ2v) is 3.89. The molecule has 1 heterocycles. The Morgan fingerprint density at radius 2 is 1.94 bits per heavy atom. The Morgan fingerprint density at radius 3 is 2.61 bits per heavy atom. The normalized spacial score (nSPS) is 10.1. The second-order valence-electron chi connectivity index (χ2n) is 3.89. The third-order valence-electron chi connectivity index (χ3n) is 2.39. The number of amides is 1. The predicted octanol–water partition coefficient (Wildman–Crippen LogP) is 1.46. The Hall–Kier alpha value is -2.43. The summed E-state index contributed by atoms with van der Waals surface area (Å²) in [7, 11) is 0. The molecular formula is C13H13N3O2. The van der Waals surface area contributed by atoms with Gasteiger partial charge in [0.15, 0.2) is 5.82 Å². The molecule has 0 spiro atoms. The lowest BCUT2D eigenvalue weighted by Crippen LogP contribution is -2.20. The SMILES string of the molecule is CC(=O)C(=O)Nc1ccn(Cc2ccccc2)n1. The lowest BCUT2D eigenvalue weighted by Gasteiger charge is -2.01. The second kappa shape index (κ2) is 5.27. The van der Waals surface area contributed by atoms with Gasteiger partial charge in [0.1, 0.15) is 0 Å². The van der Waals surface area contributed by atoms with Gasteiger partial charge in [-0.25, -0.2) is 0 Å². The summed E-state index contributed by atoms with van der Waals surface area (Å²) in [4.78, 5) is 22.0. The smallest absolute Gasteiger partial charge is 0.292 e. The van der Waals surface area contributed by atoms with E-state index in [9.17, 15) is 9.59 Å². The van der Waals surface area contributed by atoms with E-state index in [2.05, 4.69) is 10.4 Å². The number of aromatic nitrogens is 2. The molecule has 0 aliphatic carbocycles. The van der Waals surface area contributed by atoms with Crippen LogP contribution < -0.4 is 5.32 Å². The van der Waals surface area contributed by atoms with Gasteiger partial charge in [0.2, 0.25) is 5.78 Å². The summed E-state index contributed by atoms with van der Waals surface area (Å²) >= 11 is 0. The topological polar surface area (TPSA) is 64.0 Å². The Bertz CT molecular complexity index is 561. The minimum Gasteiger partial charge on any atom is -0.303 e. The van der Waals surface area contributed by atoms with Gasteiger partial charge in [-0.3, -0.25) is 14.3 Å². The number of carbonyl (C=O) groups is 2. The number of benzene rings is 1. The molecule has 18 heavy (non-hydrogen) atoms. The zero-order valence-corrected chi connectivity index (χ0v) is 9.96. The number of nitrogens with zero attached hydrogens (tertiary/aromatic N) is 2. The molecule has 0 fully saturated rings. The molecular weight excluding hydrogens is 230 g/mol. The quantitative estimate of drug-likeness (QED) is 0.827. The van der Waals surface area contributed by atoms with Gasteiger partial charge in [-0.05, 0) is 5.56 Å². The van der Waals surface area contributed by atoms with Gasteiger partial charge in [-0.15, -0.1) is 0 Å². The van der Waals surface area contributed by atoms with E-state index in [0.717, 1.165) is 5.56 Å². The van der Waals surface area contributed by atoms with Gasteiger partial charge >= 0.3 is 0 Å². The van der Waals surface area contributed by atoms with Crippen molar-refractivity contribution in [3.05, 3.63) is 48.2 Å². The van der Waals surface area contributed by atoms with Crippen molar-refractivity contribution in [3.63, 3.8) is 0 Å². The van der Waals surface area contributed by atoms with E-state index in [4.69, 9.17) is 0 Å². The first-order chi connectivity index (χ1) is 8.65. The van der Waals surface area contributed by atoms with Crippen molar-refractivity contribution in [2.75, 3.05) is 5.32 Å². The number of nitrogens with one attached hydrogen (secondary N) is 1. The van der Waals surface area contributed by atoms with Crippen LogP contribution in [0.3, 0.4) is 0 Å². The largest absolute Gasteiger partial charge is 0.303 e. The average Bonchev–Trinajstić information content (AvgIpc) is 2.77. The summed E-state index contributed by atoms with van der Waals surface area (Å²) in [6, 6.07) is 11.5. The summed E-state index contributed by atoms with van der Waals surface area (Å²) in [6.07, 6.45) is 1.75. The van der Waals surface area contributed by atoms with Crippen LogP contribution in [-0.2, 0) is 16.1 Å². The number of Topliss-reactive ketones (excluding diaryl/α,β-unsaturated/α-hetero) is 1. The maximum absolute atomic E-state index is 11.2. The van der Waals surface area contributed by atoms with Crippen molar-refractivity contribution in [1.82, 2.24) is 9.78 Å². The number of rotatable bonds is 4. The third kappa shape index (κ3) is 3.04. The van der Waals surface area contributed by atoms with Crippen LogP contribution in [0.5, 0.6) is 0 Å². The summed E-state index contributed by atoms with van der Waals surface area (Å²) < 4.78 is 1.70. The fourth-order valence-electron chi connectivity index (χ4n) is 1.49. The summed E-state index contributed by atoms with van der Waals surface area (Å²) in [5, 5.41) is 6.59. The highest BCUT2D eigenvalue weighted by Crippen LogP contribution is 2.06. The monoisotopic (exact) mass is 243 g/mol. The number of carbonyl (C=O) groups excluding carboxylic acids is 2. The van der Waals surface area contributed by atoms with E-state index in [1.165, 1.54) is 6.92 Å². The Labute approximate surface area is 104 Å². The Morgan fingerprint density at radius 1 is 1.22 bits per heavy atom. The van der Waals surface area contributed by atoms with E-state index in [1.807, 2.05) is 30.3 Å². The van der Waals surface area contributed by atoms with Gasteiger partial charge in [-0.2, -0.15) is 5.10 Å². The molecule has 2 rings (SSSR count). The zero-order valence-electron chi connectivity index (χ0n) is 9.96. The van der Waals surface area contributed by atoms with Crippen molar-refractivity contribution in [2.24, 2.45) is 0 Å². The van der Waals surface area contributed by atoms with Gasteiger partial charge in [0.05, 0.1) is 6.54 Å². The van der Waals surface area contributed by atoms with Crippen LogP contribution in [0.4, 0.5) is 5.82 Å². The molecule has 0 bridgehead atoms. The molecule has 0 aliphatic rings. The molecule has 0 saturated carbocycles. The van der Waals surface area contributed by atoms with Crippen molar-refractivity contribution in [3.8, 4) is 0 Å². The minimum absolute atomic E-state index is 0.381.